The number of fused-ring (bicyclic) bond motifs is 11. The first kappa shape index (κ1) is 24.2. The molecule has 0 N–H and O–H groups in total. The van der Waals surface area contributed by atoms with E-state index in [1.807, 2.05) is 0 Å². The minimum Gasteiger partial charge on any atom is -0.456 e. The van der Waals surface area contributed by atoms with Crippen LogP contribution in [-0.2, 0) is 0 Å². The SMILES string of the molecule is c1ccc2c(c1)-c1cccc3cc(-n4c5ccccc5c5cc(-c6ccc7oc8ccc9ccccc9c8c7c6)ccc54)nc-2c13. The third-order valence-corrected chi connectivity index (χ3v) is 9.91. The Morgan fingerprint density at radius 2 is 1.13 bits per heavy atom. The molecule has 7 aromatic carbocycles. The topological polar surface area (TPSA) is 31.0 Å². The van der Waals surface area contributed by atoms with Crippen LogP contribution in [0, 0.1) is 0 Å². The normalized spacial score (nSPS) is 12.3. The van der Waals surface area contributed by atoms with Crippen molar-refractivity contribution in [1.82, 2.24) is 9.55 Å². The zero-order valence-electron chi connectivity index (χ0n) is 24.7. The second-order valence-corrected chi connectivity index (χ2v) is 12.3. The van der Waals surface area contributed by atoms with Crippen LogP contribution < -0.4 is 0 Å². The molecule has 0 aliphatic heterocycles. The molecule has 1 aliphatic carbocycles. The van der Waals surface area contributed by atoms with Crippen LogP contribution in [0.4, 0.5) is 0 Å². The highest BCUT2D eigenvalue weighted by Gasteiger charge is 2.24. The Hall–Kier alpha value is -6.19. The lowest BCUT2D eigenvalue weighted by Crippen LogP contribution is -1.98. The molecule has 3 nitrogen and oxygen atoms in total. The highest BCUT2D eigenvalue weighted by Crippen LogP contribution is 2.47. The molecule has 3 heteroatoms. The number of hydrogen-bond acceptors (Lipinski definition) is 2. The average molecular weight is 585 g/mol. The van der Waals surface area contributed by atoms with E-state index >= 15 is 0 Å². The van der Waals surface area contributed by atoms with Gasteiger partial charge in [0.15, 0.2) is 0 Å². The predicted octanol–water partition coefficient (Wildman–Crippen LogP) is 11.7. The lowest BCUT2D eigenvalue weighted by Gasteiger charge is -2.11. The zero-order valence-corrected chi connectivity index (χ0v) is 24.7. The van der Waals surface area contributed by atoms with E-state index in [9.17, 15) is 0 Å². The van der Waals surface area contributed by atoms with Crippen LogP contribution in [0.5, 0.6) is 0 Å². The van der Waals surface area contributed by atoms with Gasteiger partial charge >= 0.3 is 0 Å². The van der Waals surface area contributed by atoms with E-state index in [2.05, 4.69) is 150 Å². The standard InChI is InChI=1S/C43H24N2O/c1-2-10-29-25(8-1)17-21-39-42(29)35-23-27(18-20-38(35)46-39)26-16-19-37-34(22-26)31-12-5-6-15-36(31)45(37)40-24-28-9-7-14-32-30-11-3-4-13-33(30)43(44-40)41(28)32/h1-24H. The van der Waals surface area contributed by atoms with Crippen molar-refractivity contribution in [2.75, 3.05) is 0 Å². The van der Waals surface area contributed by atoms with E-state index in [0.29, 0.717) is 0 Å². The molecule has 1 aliphatic rings. The van der Waals surface area contributed by atoms with Crippen LogP contribution >= 0.6 is 0 Å². The fourth-order valence-electron chi connectivity index (χ4n) is 7.88. The van der Waals surface area contributed by atoms with E-state index in [1.54, 1.807) is 0 Å². The van der Waals surface area contributed by atoms with Gasteiger partial charge in [0, 0.05) is 32.5 Å². The fourth-order valence-corrected chi connectivity index (χ4v) is 7.88. The first-order valence-corrected chi connectivity index (χ1v) is 15.7. The summed E-state index contributed by atoms with van der Waals surface area (Å²) in [6.07, 6.45) is 0. The Morgan fingerprint density at radius 3 is 2.07 bits per heavy atom. The molecule has 0 radical (unpaired) electrons. The summed E-state index contributed by atoms with van der Waals surface area (Å²) in [5, 5.41) is 9.64. The fraction of sp³-hybridized carbons (Fsp3) is 0. The maximum absolute atomic E-state index is 6.30. The van der Waals surface area contributed by atoms with Gasteiger partial charge in [0.2, 0.25) is 0 Å². The van der Waals surface area contributed by atoms with Gasteiger partial charge in [-0.25, -0.2) is 4.98 Å². The van der Waals surface area contributed by atoms with Gasteiger partial charge in [-0.3, -0.25) is 4.57 Å². The van der Waals surface area contributed by atoms with Gasteiger partial charge in [-0.05, 0) is 80.9 Å². The van der Waals surface area contributed by atoms with Crippen LogP contribution in [0.1, 0.15) is 0 Å². The molecular weight excluding hydrogens is 560 g/mol. The number of aromatic nitrogens is 2. The number of benzene rings is 7. The highest BCUT2D eigenvalue weighted by molar-refractivity contribution is 6.20. The molecule has 0 spiro atoms. The van der Waals surface area contributed by atoms with Gasteiger partial charge in [0.05, 0.1) is 16.7 Å². The molecule has 0 saturated carbocycles. The summed E-state index contributed by atoms with van der Waals surface area (Å²) >= 11 is 0. The molecule has 212 valence electrons. The number of para-hydroxylation sites is 1. The molecule has 46 heavy (non-hydrogen) atoms. The van der Waals surface area contributed by atoms with Gasteiger partial charge in [-0.1, -0.05) is 103 Å². The van der Waals surface area contributed by atoms with Crippen molar-refractivity contribution in [2.24, 2.45) is 0 Å². The van der Waals surface area contributed by atoms with Crippen molar-refractivity contribution in [3.63, 3.8) is 0 Å². The summed E-state index contributed by atoms with van der Waals surface area (Å²) in [5.41, 5.74) is 11.3. The smallest absolute Gasteiger partial charge is 0.138 e. The summed E-state index contributed by atoms with van der Waals surface area (Å²) in [7, 11) is 0. The van der Waals surface area contributed by atoms with Crippen LogP contribution in [-0.4, -0.2) is 9.55 Å². The lowest BCUT2D eigenvalue weighted by molar-refractivity contribution is 0.669. The molecule has 0 bridgehead atoms. The van der Waals surface area contributed by atoms with E-state index in [-0.39, 0.29) is 0 Å². The van der Waals surface area contributed by atoms with Crippen LogP contribution in [0.2, 0.25) is 0 Å². The van der Waals surface area contributed by atoms with Gasteiger partial charge in [0.25, 0.3) is 0 Å². The summed E-state index contributed by atoms with van der Waals surface area (Å²) in [6.45, 7) is 0. The number of nitrogens with zero attached hydrogens (tertiary/aromatic N) is 2. The molecule has 0 saturated heterocycles. The molecule has 0 amide bonds. The Kier molecular flexibility index (Phi) is 4.58. The lowest BCUT2D eigenvalue weighted by atomic mass is 9.99. The minimum atomic E-state index is 0.910. The summed E-state index contributed by atoms with van der Waals surface area (Å²) in [6, 6.07) is 52.3. The number of furan rings is 1. The Bertz CT molecular complexity index is 2920. The monoisotopic (exact) mass is 584 g/mol. The van der Waals surface area contributed by atoms with Gasteiger partial charge in [-0.2, -0.15) is 0 Å². The number of rotatable bonds is 2. The molecule has 10 aromatic rings. The zero-order chi connectivity index (χ0) is 29.9. The number of hydrogen-bond donors (Lipinski definition) is 0. The average Bonchev–Trinajstić information content (AvgIpc) is 3.76. The van der Waals surface area contributed by atoms with Crippen LogP contribution in [0.25, 0.3) is 105 Å². The van der Waals surface area contributed by atoms with Crippen molar-refractivity contribution in [2.45, 2.75) is 0 Å². The van der Waals surface area contributed by atoms with Gasteiger partial charge < -0.3 is 4.42 Å². The Morgan fingerprint density at radius 1 is 0.435 bits per heavy atom. The highest BCUT2D eigenvalue weighted by atomic mass is 16.3. The molecule has 11 rings (SSSR count). The molecule has 3 heterocycles. The van der Waals surface area contributed by atoms with Crippen LogP contribution in [0.15, 0.2) is 150 Å². The Labute approximate surface area is 263 Å². The minimum absolute atomic E-state index is 0.910. The van der Waals surface area contributed by atoms with E-state index in [1.165, 1.54) is 65.5 Å². The van der Waals surface area contributed by atoms with Crippen molar-refractivity contribution < 1.29 is 4.42 Å². The largest absolute Gasteiger partial charge is 0.456 e. The third-order valence-electron chi connectivity index (χ3n) is 9.91. The summed E-state index contributed by atoms with van der Waals surface area (Å²) in [5.74, 6) is 0.938. The van der Waals surface area contributed by atoms with Gasteiger partial charge in [-0.15, -0.1) is 0 Å². The molecule has 0 atom stereocenters. The van der Waals surface area contributed by atoms with Gasteiger partial charge in [0.1, 0.15) is 17.0 Å². The van der Waals surface area contributed by atoms with E-state index in [4.69, 9.17) is 9.40 Å². The van der Waals surface area contributed by atoms with Crippen molar-refractivity contribution in [3.05, 3.63) is 146 Å². The van der Waals surface area contributed by atoms with E-state index < -0.39 is 0 Å². The number of pyridine rings is 1. The van der Waals surface area contributed by atoms with Crippen molar-refractivity contribution in [1.29, 1.82) is 0 Å². The quantitative estimate of drug-likeness (QED) is 0.202. The first-order chi connectivity index (χ1) is 22.8. The Balaban J connectivity index is 1.14. The maximum Gasteiger partial charge on any atom is 0.138 e. The molecule has 0 fully saturated rings. The maximum atomic E-state index is 6.30. The first-order valence-electron chi connectivity index (χ1n) is 15.7. The molecule has 0 unspecified atom stereocenters. The molecular formula is C43H24N2O. The second-order valence-electron chi connectivity index (χ2n) is 12.3. The third kappa shape index (κ3) is 3.14. The summed E-state index contributed by atoms with van der Waals surface area (Å²) < 4.78 is 8.63. The van der Waals surface area contributed by atoms with Crippen molar-refractivity contribution >= 4 is 65.3 Å². The molecule has 3 aromatic heterocycles. The second kappa shape index (κ2) is 8.71. The van der Waals surface area contributed by atoms with E-state index in [0.717, 1.165) is 39.1 Å². The van der Waals surface area contributed by atoms with Crippen molar-refractivity contribution in [3.8, 4) is 39.3 Å². The van der Waals surface area contributed by atoms with Crippen LogP contribution in [0.3, 0.4) is 0 Å². The summed E-state index contributed by atoms with van der Waals surface area (Å²) in [4.78, 5) is 5.37. The predicted molar refractivity (Wildman–Crippen MR) is 191 cm³/mol.